The second-order valence-corrected chi connectivity index (χ2v) is 3.76. The van der Waals surface area contributed by atoms with Gasteiger partial charge in [0.1, 0.15) is 0 Å². The Balaban J connectivity index is 2.29. The number of hydrogen-bond donors (Lipinski definition) is 1. The second kappa shape index (κ2) is 5.72. The van der Waals surface area contributed by atoms with Crippen molar-refractivity contribution in [3.05, 3.63) is 60.6 Å². The highest BCUT2D eigenvalue weighted by atomic mass is 16.1. The van der Waals surface area contributed by atoms with Gasteiger partial charge in [0.2, 0.25) is 5.91 Å². The Labute approximate surface area is 105 Å². The van der Waals surface area contributed by atoms with Gasteiger partial charge in [-0.05, 0) is 18.1 Å². The van der Waals surface area contributed by atoms with E-state index >= 15 is 0 Å². The maximum atomic E-state index is 10.7. The topological polar surface area (TPSA) is 68.9 Å². The van der Waals surface area contributed by atoms with Gasteiger partial charge in [0, 0.05) is 18.0 Å². The van der Waals surface area contributed by atoms with Gasteiger partial charge in [-0.1, -0.05) is 30.3 Å². The molecule has 0 aliphatic heterocycles. The van der Waals surface area contributed by atoms with Gasteiger partial charge >= 0.3 is 0 Å². The van der Waals surface area contributed by atoms with E-state index in [1.807, 2.05) is 24.3 Å². The van der Waals surface area contributed by atoms with E-state index in [2.05, 4.69) is 9.97 Å². The monoisotopic (exact) mass is 239 g/mol. The average molecular weight is 239 g/mol. The number of aromatic nitrogens is 2. The Hall–Kier alpha value is -2.49. The van der Waals surface area contributed by atoms with Crippen molar-refractivity contribution in [2.24, 2.45) is 5.73 Å². The molecule has 0 saturated carbocycles. The molecule has 2 aromatic rings. The van der Waals surface area contributed by atoms with Crippen LogP contribution in [-0.4, -0.2) is 15.9 Å². The van der Waals surface area contributed by atoms with Crippen LogP contribution in [0, 0.1) is 0 Å². The summed E-state index contributed by atoms with van der Waals surface area (Å²) in [6, 6.07) is 7.88. The zero-order valence-corrected chi connectivity index (χ0v) is 9.78. The zero-order valence-electron chi connectivity index (χ0n) is 9.78. The Kier molecular flexibility index (Phi) is 3.81. The second-order valence-electron chi connectivity index (χ2n) is 3.76. The van der Waals surface area contributed by atoms with E-state index < -0.39 is 5.91 Å². The largest absolute Gasteiger partial charge is 0.366 e. The molecule has 18 heavy (non-hydrogen) atoms. The smallest absolute Gasteiger partial charge is 0.241 e. The predicted octanol–water partition coefficient (Wildman–Crippen LogP) is 1.73. The molecule has 0 saturated heterocycles. The molecule has 1 amide bonds. The van der Waals surface area contributed by atoms with Gasteiger partial charge in [0.05, 0.1) is 11.9 Å². The number of benzene rings is 1. The van der Waals surface area contributed by atoms with Crippen LogP contribution in [0.2, 0.25) is 0 Å². The normalized spacial score (nSPS) is 10.7. The summed E-state index contributed by atoms with van der Waals surface area (Å²) in [4.78, 5) is 19.0. The molecule has 2 N–H and O–H groups in total. The molecule has 1 aromatic heterocycles. The SMILES string of the molecule is NC(=O)/C=C/Cc1ccccc1-c1cnccn1. The number of nitrogens with zero attached hydrogens (tertiary/aromatic N) is 2. The summed E-state index contributed by atoms with van der Waals surface area (Å²) in [5, 5.41) is 0. The predicted molar refractivity (Wildman–Crippen MR) is 69.5 cm³/mol. The van der Waals surface area contributed by atoms with Crippen LogP contribution in [0.5, 0.6) is 0 Å². The number of carbonyl (C=O) groups is 1. The summed E-state index contributed by atoms with van der Waals surface area (Å²) in [6.45, 7) is 0. The fraction of sp³-hybridized carbons (Fsp3) is 0.0714. The van der Waals surface area contributed by atoms with Crippen LogP contribution >= 0.6 is 0 Å². The van der Waals surface area contributed by atoms with Gasteiger partial charge in [-0.15, -0.1) is 0 Å². The Bertz CT molecular complexity index is 564. The molecule has 0 radical (unpaired) electrons. The number of hydrogen-bond acceptors (Lipinski definition) is 3. The lowest BCUT2D eigenvalue weighted by molar-refractivity contribution is -0.113. The number of nitrogens with two attached hydrogens (primary N) is 1. The van der Waals surface area contributed by atoms with Crippen molar-refractivity contribution in [3.63, 3.8) is 0 Å². The lowest BCUT2D eigenvalue weighted by Gasteiger charge is -2.06. The summed E-state index contributed by atoms with van der Waals surface area (Å²) < 4.78 is 0. The molecule has 4 heteroatoms. The van der Waals surface area contributed by atoms with Crippen LogP contribution in [0.1, 0.15) is 5.56 Å². The molecule has 90 valence electrons. The first-order chi connectivity index (χ1) is 8.77. The number of rotatable bonds is 4. The molecule has 2 rings (SSSR count). The fourth-order valence-electron chi connectivity index (χ4n) is 1.69. The molecule has 0 unspecified atom stereocenters. The van der Waals surface area contributed by atoms with E-state index in [1.54, 1.807) is 24.7 Å². The highest BCUT2D eigenvalue weighted by Crippen LogP contribution is 2.21. The zero-order chi connectivity index (χ0) is 12.8. The van der Waals surface area contributed by atoms with E-state index in [0.29, 0.717) is 6.42 Å². The molecule has 0 bridgehead atoms. The molecule has 0 fully saturated rings. The van der Waals surface area contributed by atoms with E-state index in [1.165, 1.54) is 6.08 Å². The summed E-state index contributed by atoms with van der Waals surface area (Å²) >= 11 is 0. The van der Waals surface area contributed by atoms with E-state index in [0.717, 1.165) is 16.8 Å². The maximum absolute atomic E-state index is 10.7. The summed E-state index contributed by atoms with van der Waals surface area (Å²) in [7, 11) is 0. The summed E-state index contributed by atoms with van der Waals surface area (Å²) in [6.07, 6.45) is 8.77. The number of carbonyl (C=O) groups excluding carboxylic acids is 1. The minimum Gasteiger partial charge on any atom is -0.366 e. The highest BCUT2D eigenvalue weighted by molar-refractivity contribution is 5.85. The standard InChI is InChI=1S/C14H13N3O/c15-14(18)7-3-5-11-4-1-2-6-12(11)13-10-16-8-9-17-13/h1-4,6-10H,5H2,(H2,15,18)/b7-3+. The number of primary amides is 1. The van der Waals surface area contributed by atoms with Crippen LogP contribution < -0.4 is 5.73 Å². The maximum Gasteiger partial charge on any atom is 0.241 e. The van der Waals surface area contributed by atoms with Crippen molar-refractivity contribution < 1.29 is 4.79 Å². The van der Waals surface area contributed by atoms with Crippen LogP contribution in [0.25, 0.3) is 11.3 Å². The first-order valence-corrected chi connectivity index (χ1v) is 5.57. The van der Waals surface area contributed by atoms with Gasteiger partial charge in [0.25, 0.3) is 0 Å². The van der Waals surface area contributed by atoms with Gasteiger partial charge in [0.15, 0.2) is 0 Å². The van der Waals surface area contributed by atoms with Crippen LogP contribution in [0.3, 0.4) is 0 Å². The van der Waals surface area contributed by atoms with Crippen molar-refractivity contribution >= 4 is 5.91 Å². The van der Waals surface area contributed by atoms with Crippen LogP contribution in [0.4, 0.5) is 0 Å². The Morgan fingerprint density at radius 2 is 2.11 bits per heavy atom. The first kappa shape index (κ1) is 12.0. The number of allylic oxidation sites excluding steroid dienone is 1. The quantitative estimate of drug-likeness (QED) is 0.826. The van der Waals surface area contributed by atoms with Crippen LogP contribution in [-0.2, 0) is 11.2 Å². The molecule has 0 aliphatic rings. The molecule has 0 atom stereocenters. The van der Waals surface area contributed by atoms with Crippen molar-refractivity contribution in [3.8, 4) is 11.3 Å². The van der Waals surface area contributed by atoms with Crippen molar-refractivity contribution in [2.75, 3.05) is 0 Å². The van der Waals surface area contributed by atoms with E-state index in [9.17, 15) is 4.79 Å². The minimum absolute atomic E-state index is 0.438. The number of amides is 1. The third kappa shape index (κ3) is 3.01. The third-order valence-electron chi connectivity index (χ3n) is 2.48. The van der Waals surface area contributed by atoms with Crippen molar-refractivity contribution in [1.29, 1.82) is 0 Å². The van der Waals surface area contributed by atoms with Gasteiger partial charge in [-0.25, -0.2) is 0 Å². The lowest BCUT2D eigenvalue weighted by atomic mass is 10.0. The van der Waals surface area contributed by atoms with Gasteiger partial charge in [-0.2, -0.15) is 0 Å². The molecule has 0 aliphatic carbocycles. The fourth-order valence-corrected chi connectivity index (χ4v) is 1.69. The summed E-state index contributed by atoms with van der Waals surface area (Å²) in [5.41, 5.74) is 7.97. The molecule has 4 nitrogen and oxygen atoms in total. The minimum atomic E-state index is -0.438. The Morgan fingerprint density at radius 3 is 2.83 bits per heavy atom. The highest BCUT2D eigenvalue weighted by Gasteiger charge is 2.04. The van der Waals surface area contributed by atoms with Crippen molar-refractivity contribution in [2.45, 2.75) is 6.42 Å². The van der Waals surface area contributed by atoms with E-state index in [4.69, 9.17) is 5.73 Å². The van der Waals surface area contributed by atoms with Crippen molar-refractivity contribution in [1.82, 2.24) is 9.97 Å². The van der Waals surface area contributed by atoms with E-state index in [-0.39, 0.29) is 0 Å². The van der Waals surface area contributed by atoms with Crippen LogP contribution in [0.15, 0.2) is 55.0 Å². The van der Waals surface area contributed by atoms with Gasteiger partial charge < -0.3 is 5.73 Å². The first-order valence-electron chi connectivity index (χ1n) is 5.57. The average Bonchev–Trinajstić information content (AvgIpc) is 2.40. The van der Waals surface area contributed by atoms with Gasteiger partial charge in [-0.3, -0.25) is 14.8 Å². The lowest BCUT2D eigenvalue weighted by Crippen LogP contribution is -2.05. The Morgan fingerprint density at radius 1 is 1.28 bits per heavy atom. The molecule has 0 spiro atoms. The molecular formula is C14H13N3O. The molecule has 1 aromatic carbocycles. The third-order valence-corrected chi connectivity index (χ3v) is 2.48. The molecular weight excluding hydrogens is 226 g/mol. The summed E-state index contributed by atoms with van der Waals surface area (Å²) in [5.74, 6) is -0.438. The molecule has 1 heterocycles.